The first-order valence-electron chi connectivity index (χ1n) is 5.08. The predicted molar refractivity (Wildman–Crippen MR) is 77.5 cm³/mol. The van der Waals surface area contributed by atoms with Crippen LogP contribution in [0.2, 0.25) is 10.0 Å². The number of sulfonamides is 1. The van der Waals surface area contributed by atoms with Crippen LogP contribution in [-0.4, -0.2) is 13.5 Å². The second kappa shape index (κ2) is 5.68. The molecule has 0 unspecified atom stereocenters. The highest BCUT2D eigenvalue weighted by Crippen LogP contribution is 2.29. The lowest BCUT2D eigenvalue weighted by Gasteiger charge is -2.08. The molecule has 1 aromatic heterocycles. The van der Waals surface area contributed by atoms with Gasteiger partial charge in [-0.05, 0) is 35.2 Å². The SMILES string of the molecule is O=S(=O)(Nc1cc(Cl)ccc1Cl)c1cc(CO)cs1. The van der Waals surface area contributed by atoms with Gasteiger partial charge in [-0.2, -0.15) is 0 Å². The summed E-state index contributed by atoms with van der Waals surface area (Å²) >= 11 is 12.7. The Hall–Kier alpha value is -0.790. The zero-order valence-corrected chi connectivity index (χ0v) is 12.6. The molecule has 8 heteroatoms. The molecule has 0 saturated carbocycles. The maximum Gasteiger partial charge on any atom is 0.271 e. The Morgan fingerprint density at radius 3 is 2.63 bits per heavy atom. The summed E-state index contributed by atoms with van der Waals surface area (Å²) in [6.45, 7) is -0.204. The van der Waals surface area contributed by atoms with Gasteiger partial charge >= 0.3 is 0 Å². The average Bonchev–Trinajstić information content (AvgIpc) is 2.83. The Kier molecular flexibility index (Phi) is 4.37. The molecule has 19 heavy (non-hydrogen) atoms. The quantitative estimate of drug-likeness (QED) is 0.898. The van der Waals surface area contributed by atoms with Gasteiger partial charge in [0.15, 0.2) is 0 Å². The van der Waals surface area contributed by atoms with Crippen LogP contribution in [0.4, 0.5) is 5.69 Å². The molecule has 2 N–H and O–H groups in total. The number of benzene rings is 1. The summed E-state index contributed by atoms with van der Waals surface area (Å²) in [6, 6.07) is 5.92. The number of halogens is 2. The van der Waals surface area contributed by atoms with Crippen molar-refractivity contribution in [3.8, 4) is 0 Å². The van der Waals surface area contributed by atoms with Gasteiger partial charge < -0.3 is 5.11 Å². The molecule has 4 nitrogen and oxygen atoms in total. The molecule has 0 aliphatic heterocycles. The number of anilines is 1. The predicted octanol–water partition coefficient (Wildman–Crippen LogP) is 3.35. The van der Waals surface area contributed by atoms with E-state index in [1.165, 1.54) is 18.2 Å². The summed E-state index contributed by atoms with van der Waals surface area (Å²) in [7, 11) is -3.73. The third-order valence-corrected chi connectivity index (χ3v) is 5.67. The molecule has 0 atom stereocenters. The molecule has 2 aromatic rings. The number of aliphatic hydroxyl groups is 1. The average molecular weight is 338 g/mol. The number of nitrogens with one attached hydrogen (secondary N) is 1. The summed E-state index contributed by atoms with van der Waals surface area (Å²) in [5.41, 5.74) is 0.760. The van der Waals surface area contributed by atoms with E-state index in [0.29, 0.717) is 10.6 Å². The summed E-state index contributed by atoms with van der Waals surface area (Å²) in [5.74, 6) is 0. The van der Waals surface area contributed by atoms with Crippen molar-refractivity contribution in [1.82, 2.24) is 0 Å². The second-order valence-corrected chi connectivity index (χ2v) is 7.33. The molecule has 1 aromatic carbocycles. The molecule has 2 rings (SSSR count). The van der Waals surface area contributed by atoms with Crippen LogP contribution in [0, 0.1) is 0 Å². The van der Waals surface area contributed by atoms with Crippen LogP contribution in [0.25, 0.3) is 0 Å². The van der Waals surface area contributed by atoms with Crippen molar-refractivity contribution in [2.24, 2.45) is 0 Å². The van der Waals surface area contributed by atoms with E-state index in [2.05, 4.69) is 4.72 Å². The van der Waals surface area contributed by atoms with Crippen LogP contribution in [0.1, 0.15) is 5.56 Å². The molecule has 0 aliphatic carbocycles. The van der Waals surface area contributed by atoms with E-state index in [0.717, 1.165) is 11.3 Å². The van der Waals surface area contributed by atoms with E-state index in [4.69, 9.17) is 28.3 Å². The minimum Gasteiger partial charge on any atom is -0.392 e. The Balaban J connectivity index is 2.33. The van der Waals surface area contributed by atoms with E-state index in [1.807, 2.05) is 0 Å². The largest absolute Gasteiger partial charge is 0.392 e. The molecule has 0 fully saturated rings. The van der Waals surface area contributed by atoms with Gasteiger partial charge in [-0.3, -0.25) is 4.72 Å². The second-order valence-electron chi connectivity index (χ2n) is 3.66. The van der Waals surface area contributed by atoms with Gasteiger partial charge in [0.2, 0.25) is 0 Å². The van der Waals surface area contributed by atoms with Crippen LogP contribution in [0.3, 0.4) is 0 Å². The van der Waals surface area contributed by atoms with Crippen LogP contribution in [0.5, 0.6) is 0 Å². The van der Waals surface area contributed by atoms with Gasteiger partial charge in [-0.15, -0.1) is 11.3 Å². The number of rotatable bonds is 4. The molecule has 0 saturated heterocycles. The van der Waals surface area contributed by atoms with Gasteiger partial charge in [0.1, 0.15) is 4.21 Å². The zero-order valence-electron chi connectivity index (χ0n) is 9.43. The molecule has 0 bridgehead atoms. The van der Waals surface area contributed by atoms with E-state index < -0.39 is 10.0 Å². The normalized spacial score (nSPS) is 11.5. The number of aliphatic hydroxyl groups excluding tert-OH is 1. The fourth-order valence-corrected chi connectivity index (χ4v) is 4.01. The molecular weight excluding hydrogens is 329 g/mol. The van der Waals surface area contributed by atoms with Crippen molar-refractivity contribution in [3.05, 3.63) is 45.3 Å². The Labute approximate surface area is 124 Å². The van der Waals surface area contributed by atoms with Gasteiger partial charge in [0.05, 0.1) is 17.3 Å². The standard InChI is InChI=1S/C11H9Cl2NO3S2/c12-8-1-2-9(13)10(4-8)14-19(16,17)11-3-7(5-15)6-18-11/h1-4,6,14-15H,5H2. The van der Waals surface area contributed by atoms with Gasteiger partial charge in [0.25, 0.3) is 10.0 Å². The maximum atomic E-state index is 12.1. The lowest BCUT2D eigenvalue weighted by molar-refractivity contribution is 0.282. The van der Waals surface area contributed by atoms with Crippen molar-refractivity contribution in [3.63, 3.8) is 0 Å². The van der Waals surface area contributed by atoms with Crippen LogP contribution in [-0.2, 0) is 16.6 Å². The van der Waals surface area contributed by atoms with Crippen molar-refractivity contribution in [2.45, 2.75) is 10.8 Å². The topological polar surface area (TPSA) is 66.4 Å². The monoisotopic (exact) mass is 337 g/mol. The number of hydrogen-bond acceptors (Lipinski definition) is 4. The van der Waals surface area contributed by atoms with E-state index in [9.17, 15) is 8.42 Å². The minimum absolute atomic E-state index is 0.104. The minimum atomic E-state index is -3.73. The van der Waals surface area contributed by atoms with Gasteiger partial charge in [-0.25, -0.2) is 8.42 Å². The highest BCUT2D eigenvalue weighted by molar-refractivity contribution is 7.94. The number of thiophene rings is 1. The Morgan fingerprint density at radius 1 is 1.26 bits per heavy atom. The zero-order chi connectivity index (χ0) is 14.0. The molecule has 0 spiro atoms. The molecule has 0 aliphatic rings. The van der Waals surface area contributed by atoms with E-state index in [1.54, 1.807) is 11.4 Å². The third-order valence-electron chi connectivity index (χ3n) is 2.25. The highest BCUT2D eigenvalue weighted by Gasteiger charge is 2.18. The molecule has 102 valence electrons. The van der Waals surface area contributed by atoms with E-state index >= 15 is 0 Å². The van der Waals surface area contributed by atoms with Crippen molar-refractivity contribution in [1.29, 1.82) is 0 Å². The summed E-state index contributed by atoms with van der Waals surface area (Å²) in [6.07, 6.45) is 0. The lowest BCUT2D eigenvalue weighted by Crippen LogP contribution is -2.11. The summed E-state index contributed by atoms with van der Waals surface area (Å²) < 4.78 is 26.7. The van der Waals surface area contributed by atoms with Crippen LogP contribution in [0.15, 0.2) is 33.9 Å². The van der Waals surface area contributed by atoms with E-state index in [-0.39, 0.29) is 21.5 Å². The molecule has 0 radical (unpaired) electrons. The Morgan fingerprint density at radius 2 is 2.00 bits per heavy atom. The van der Waals surface area contributed by atoms with Gasteiger partial charge in [-0.1, -0.05) is 23.2 Å². The first-order chi connectivity index (χ1) is 8.92. The lowest BCUT2D eigenvalue weighted by atomic mass is 10.3. The Bertz CT molecular complexity index is 698. The first-order valence-corrected chi connectivity index (χ1v) is 8.20. The van der Waals surface area contributed by atoms with Crippen molar-refractivity contribution >= 4 is 50.2 Å². The molecular formula is C11H9Cl2NO3S2. The third kappa shape index (κ3) is 3.40. The molecule has 0 amide bonds. The fourth-order valence-electron chi connectivity index (χ4n) is 1.35. The van der Waals surface area contributed by atoms with Crippen LogP contribution >= 0.6 is 34.5 Å². The fraction of sp³-hybridized carbons (Fsp3) is 0.0909. The summed E-state index contributed by atoms with van der Waals surface area (Å²) in [5, 5.41) is 11.2. The van der Waals surface area contributed by atoms with Crippen molar-refractivity contribution in [2.75, 3.05) is 4.72 Å². The van der Waals surface area contributed by atoms with Crippen molar-refractivity contribution < 1.29 is 13.5 Å². The number of hydrogen-bond donors (Lipinski definition) is 2. The highest BCUT2D eigenvalue weighted by atomic mass is 35.5. The summed E-state index contributed by atoms with van der Waals surface area (Å²) in [4.78, 5) is 0. The molecule has 1 heterocycles. The van der Waals surface area contributed by atoms with Gasteiger partial charge in [0, 0.05) is 5.02 Å². The first kappa shape index (κ1) is 14.6. The smallest absolute Gasteiger partial charge is 0.271 e. The maximum absolute atomic E-state index is 12.1. The van der Waals surface area contributed by atoms with Crippen LogP contribution < -0.4 is 4.72 Å².